The highest BCUT2D eigenvalue weighted by Gasteiger charge is 2.33. The molecule has 5 nitrogen and oxygen atoms in total. The normalized spacial score (nSPS) is 26.8. The number of isothiocyanates is 1. The molecule has 2 saturated heterocycles. The molecule has 2 heterocycles. The van der Waals surface area contributed by atoms with Gasteiger partial charge in [0.15, 0.2) is 0 Å². The van der Waals surface area contributed by atoms with Crippen molar-refractivity contribution in [2.24, 2.45) is 4.99 Å². The number of anilines is 1. The number of halogens is 1. The van der Waals surface area contributed by atoms with Gasteiger partial charge in [0, 0.05) is 0 Å². The van der Waals surface area contributed by atoms with E-state index in [0.717, 1.165) is 12.2 Å². The van der Waals surface area contributed by atoms with Gasteiger partial charge in [0.25, 0.3) is 0 Å². The van der Waals surface area contributed by atoms with Crippen molar-refractivity contribution in [1.29, 1.82) is 0 Å². The lowest BCUT2D eigenvalue weighted by molar-refractivity contribution is 0.145. The van der Waals surface area contributed by atoms with Crippen LogP contribution in [0.1, 0.15) is 24.3 Å². The zero-order valence-electron chi connectivity index (χ0n) is 12.9. The molecule has 2 aliphatic rings. The second-order valence-corrected chi connectivity index (χ2v) is 7.27. The Bertz CT molecular complexity index is 681. The summed E-state index contributed by atoms with van der Waals surface area (Å²) in [5.41, 5.74) is 0.604. The number of rotatable bonds is 4. The molecule has 0 spiro atoms. The number of ether oxygens (including phenoxy) is 1. The number of benzene rings is 1. The predicted molar refractivity (Wildman–Crippen MR) is 94.3 cm³/mol. The first-order chi connectivity index (χ1) is 11.6. The first kappa shape index (κ1) is 17.4. The molecule has 2 aliphatic heterocycles. The zero-order valence-corrected chi connectivity index (χ0v) is 14.5. The minimum atomic E-state index is -0.517. The van der Waals surface area contributed by atoms with Gasteiger partial charge in [-0.3, -0.25) is 4.90 Å². The summed E-state index contributed by atoms with van der Waals surface area (Å²) < 4.78 is 19.7. The van der Waals surface area contributed by atoms with Crippen molar-refractivity contribution in [3.63, 3.8) is 0 Å². The van der Waals surface area contributed by atoms with Gasteiger partial charge >= 0.3 is 6.09 Å². The van der Waals surface area contributed by atoms with Crippen molar-refractivity contribution in [2.45, 2.75) is 30.3 Å². The van der Waals surface area contributed by atoms with E-state index in [0.29, 0.717) is 24.2 Å². The standard InChI is InChI=1S/C16H17FN2O3S2/c17-14-6-11(19-8-12(7-18-9-23)22-16(19)21)1-2-13(14)10-3-4-24-15(20)5-10/h1-2,6,10,12,15,20H,3-5,7-8H2. The summed E-state index contributed by atoms with van der Waals surface area (Å²) >= 11 is 6.00. The van der Waals surface area contributed by atoms with E-state index in [2.05, 4.69) is 22.4 Å². The number of nitrogens with zero attached hydrogens (tertiary/aromatic N) is 2. The smallest absolute Gasteiger partial charge is 0.414 e. The molecule has 1 N–H and O–H groups in total. The van der Waals surface area contributed by atoms with Gasteiger partial charge < -0.3 is 9.84 Å². The SMILES string of the molecule is O=C1OC(CN=C=S)CN1c1ccc(C2CCSC(O)C2)c(F)c1. The molecule has 0 saturated carbocycles. The summed E-state index contributed by atoms with van der Waals surface area (Å²) in [5, 5.41) is 12.0. The fraction of sp³-hybridized carbons (Fsp3) is 0.500. The van der Waals surface area contributed by atoms with E-state index in [9.17, 15) is 14.3 Å². The Balaban J connectivity index is 1.75. The van der Waals surface area contributed by atoms with E-state index in [4.69, 9.17) is 4.74 Å². The predicted octanol–water partition coefficient (Wildman–Crippen LogP) is 3.18. The van der Waals surface area contributed by atoms with E-state index in [1.807, 2.05) is 0 Å². The Morgan fingerprint density at radius 1 is 1.54 bits per heavy atom. The molecule has 2 fully saturated rings. The average Bonchev–Trinajstić information content (AvgIpc) is 2.93. The van der Waals surface area contributed by atoms with Gasteiger partial charge in [-0.05, 0) is 54.4 Å². The lowest BCUT2D eigenvalue weighted by Crippen LogP contribution is -2.25. The molecule has 3 atom stereocenters. The van der Waals surface area contributed by atoms with E-state index in [-0.39, 0.29) is 18.3 Å². The van der Waals surface area contributed by atoms with Crippen LogP contribution in [0.4, 0.5) is 14.9 Å². The molecule has 128 valence electrons. The Morgan fingerprint density at radius 3 is 3.08 bits per heavy atom. The van der Waals surface area contributed by atoms with Crippen LogP contribution in [-0.2, 0) is 4.74 Å². The third kappa shape index (κ3) is 3.78. The zero-order chi connectivity index (χ0) is 17.1. The third-order valence-corrected chi connectivity index (χ3v) is 5.41. The number of aliphatic imine (C=N–C) groups is 1. The Labute approximate surface area is 148 Å². The van der Waals surface area contributed by atoms with Crippen LogP contribution in [0, 0.1) is 5.82 Å². The van der Waals surface area contributed by atoms with Crippen LogP contribution in [0.25, 0.3) is 0 Å². The number of amides is 1. The van der Waals surface area contributed by atoms with Crippen LogP contribution in [0.15, 0.2) is 23.2 Å². The highest BCUT2D eigenvalue weighted by molar-refractivity contribution is 7.99. The summed E-state index contributed by atoms with van der Waals surface area (Å²) in [6.45, 7) is 0.556. The number of hydrogen-bond acceptors (Lipinski definition) is 6. The van der Waals surface area contributed by atoms with E-state index in [1.54, 1.807) is 12.1 Å². The highest BCUT2D eigenvalue weighted by Crippen LogP contribution is 2.37. The molecule has 0 bridgehead atoms. The van der Waals surface area contributed by atoms with Gasteiger partial charge in [-0.1, -0.05) is 6.07 Å². The first-order valence-electron chi connectivity index (χ1n) is 7.69. The van der Waals surface area contributed by atoms with Crippen molar-refractivity contribution in [2.75, 3.05) is 23.7 Å². The van der Waals surface area contributed by atoms with Crippen LogP contribution in [0.2, 0.25) is 0 Å². The van der Waals surface area contributed by atoms with Gasteiger partial charge in [0.05, 0.1) is 29.4 Å². The van der Waals surface area contributed by atoms with E-state index < -0.39 is 17.6 Å². The number of hydrogen-bond donors (Lipinski definition) is 1. The minimum Gasteiger partial charge on any atom is -0.442 e. The van der Waals surface area contributed by atoms with Gasteiger partial charge in [-0.2, -0.15) is 0 Å². The number of aliphatic hydroxyl groups excluding tert-OH is 1. The fourth-order valence-electron chi connectivity index (χ4n) is 3.04. The van der Waals surface area contributed by atoms with Crippen molar-refractivity contribution >= 4 is 40.9 Å². The number of cyclic esters (lactones) is 1. The van der Waals surface area contributed by atoms with Crippen molar-refractivity contribution in [3.8, 4) is 0 Å². The number of carbonyl (C=O) groups is 1. The Morgan fingerprint density at radius 2 is 2.38 bits per heavy atom. The number of carbonyl (C=O) groups excluding carboxylic acids is 1. The summed E-state index contributed by atoms with van der Waals surface area (Å²) in [5.74, 6) is 0.461. The molecule has 3 rings (SSSR count). The Kier molecular flexibility index (Phi) is 5.50. The van der Waals surface area contributed by atoms with Crippen molar-refractivity contribution in [3.05, 3.63) is 29.6 Å². The summed E-state index contributed by atoms with van der Waals surface area (Å²) in [4.78, 5) is 17.1. The lowest BCUT2D eigenvalue weighted by Gasteiger charge is -2.26. The average molecular weight is 368 g/mol. The number of thioether (sulfide) groups is 1. The molecule has 1 amide bonds. The topological polar surface area (TPSA) is 62.1 Å². The summed E-state index contributed by atoms with van der Waals surface area (Å²) in [6.07, 6.45) is 0.462. The number of aliphatic hydroxyl groups is 1. The summed E-state index contributed by atoms with van der Waals surface area (Å²) in [6, 6.07) is 4.78. The van der Waals surface area contributed by atoms with Gasteiger partial charge in [0.2, 0.25) is 0 Å². The molecule has 3 unspecified atom stereocenters. The second kappa shape index (κ2) is 7.61. The minimum absolute atomic E-state index is 0.00510. The molecule has 1 aromatic rings. The lowest BCUT2D eigenvalue weighted by atomic mass is 9.92. The monoisotopic (exact) mass is 368 g/mol. The summed E-state index contributed by atoms with van der Waals surface area (Å²) in [7, 11) is 0. The van der Waals surface area contributed by atoms with Crippen LogP contribution < -0.4 is 4.90 Å². The molecule has 0 radical (unpaired) electrons. The fourth-order valence-corrected chi connectivity index (χ4v) is 4.18. The van der Waals surface area contributed by atoms with Crippen LogP contribution in [0.5, 0.6) is 0 Å². The van der Waals surface area contributed by atoms with E-state index in [1.165, 1.54) is 22.7 Å². The third-order valence-electron chi connectivity index (χ3n) is 4.23. The van der Waals surface area contributed by atoms with Crippen molar-refractivity contribution in [1.82, 2.24) is 0 Å². The molecule has 1 aromatic carbocycles. The van der Waals surface area contributed by atoms with Crippen LogP contribution in [-0.4, -0.2) is 46.7 Å². The quantitative estimate of drug-likeness (QED) is 0.653. The van der Waals surface area contributed by atoms with Gasteiger partial charge in [-0.15, -0.1) is 11.8 Å². The highest BCUT2D eigenvalue weighted by atomic mass is 32.2. The second-order valence-electron chi connectivity index (χ2n) is 5.80. The van der Waals surface area contributed by atoms with E-state index >= 15 is 0 Å². The molecule has 24 heavy (non-hydrogen) atoms. The van der Waals surface area contributed by atoms with Crippen LogP contribution in [0.3, 0.4) is 0 Å². The maximum Gasteiger partial charge on any atom is 0.414 e. The Hall–Kier alpha value is -1.47. The molecular weight excluding hydrogens is 351 g/mol. The maximum absolute atomic E-state index is 14.5. The molecule has 0 aliphatic carbocycles. The molecule has 0 aromatic heterocycles. The molecular formula is C16H17FN2O3S2. The van der Waals surface area contributed by atoms with Crippen LogP contribution >= 0.6 is 24.0 Å². The number of thiocarbonyl (C=S) groups is 1. The first-order valence-corrected chi connectivity index (χ1v) is 9.15. The largest absolute Gasteiger partial charge is 0.442 e. The van der Waals surface area contributed by atoms with Crippen molar-refractivity contribution < 1.29 is 19.0 Å². The molecule has 8 heteroatoms. The van der Waals surface area contributed by atoms with Gasteiger partial charge in [-0.25, -0.2) is 14.2 Å². The maximum atomic E-state index is 14.5. The van der Waals surface area contributed by atoms with Gasteiger partial charge in [0.1, 0.15) is 11.9 Å².